The van der Waals surface area contributed by atoms with Crippen molar-refractivity contribution in [3.05, 3.63) is 29.3 Å². The summed E-state index contributed by atoms with van der Waals surface area (Å²) in [6.45, 7) is 2.66. The van der Waals surface area contributed by atoms with Gasteiger partial charge in [-0.15, -0.1) is 0 Å². The van der Waals surface area contributed by atoms with Gasteiger partial charge in [-0.2, -0.15) is 0 Å². The predicted molar refractivity (Wildman–Crippen MR) is 86.0 cm³/mol. The molecule has 5 nitrogen and oxygen atoms in total. The minimum atomic E-state index is -0.155. The van der Waals surface area contributed by atoms with Crippen molar-refractivity contribution in [2.45, 2.75) is 25.3 Å². The lowest BCUT2D eigenvalue weighted by Crippen LogP contribution is -2.53. The molecular formula is C16H20ClN3O2. The smallest absolute Gasteiger partial charge is 0.244 e. The van der Waals surface area contributed by atoms with Crippen LogP contribution >= 0.6 is 11.6 Å². The van der Waals surface area contributed by atoms with Crippen molar-refractivity contribution in [1.82, 2.24) is 10.2 Å². The van der Waals surface area contributed by atoms with Gasteiger partial charge in [0.2, 0.25) is 11.8 Å². The topological polar surface area (TPSA) is 52.7 Å². The van der Waals surface area contributed by atoms with E-state index in [1.165, 1.54) is 0 Å². The fourth-order valence-corrected chi connectivity index (χ4v) is 3.44. The summed E-state index contributed by atoms with van der Waals surface area (Å²) < 4.78 is 0. The van der Waals surface area contributed by atoms with Crippen LogP contribution in [0.1, 0.15) is 19.3 Å². The Morgan fingerprint density at radius 1 is 1.14 bits per heavy atom. The summed E-state index contributed by atoms with van der Waals surface area (Å²) in [6, 6.07) is 7.30. The summed E-state index contributed by atoms with van der Waals surface area (Å²) in [5.74, 6) is 0.155. The summed E-state index contributed by atoms with van der Waals surface area (Å²) in [5, 5.41) is 3.45. The molecule has 1 aromatic rings. The molecule has 3 rings (SSSR count). The molecule has 6 heteroatoms. The Morgan fingerprint density at radius 2 is 1.95 bits per heavy atom. The number of rotatable bonds is 2. The molecule has 0 bridgehead atoms. The van der Waals surface area contributed by atoms with Crippen molar-refractivity contribution >= 4 is 29.1 Å². The Hall–Kier alpha value is -1.59. The number of piperidine rings is 1. The van der Waals surface area contributed by atoms with E-state index >= 15 is 0 Å². The minimum Gasteiger partial charge on any atom is -0.355 e. The van der Waals surface area contributed by atoms with E-state index in [1.54, 1.807) is 4.90 Å². The van der Waals surface area contributed by atoms with Gasteiger partial charge in [0.05, 0.1) is 16.8 Å². The monoisotopic (exact) mass is 321 g/mol. The molecule has 2 aliphatic rings. The molecule has 2 saturated heterocycles. The van der Waals surface area contributed by atoms with Crippen LogP contribution in [-0.4, -0.2) is 48.9 Å². The molecule has 2 aliphatic heterocycles. The Labute approximate surface area is 135 Å². The highest BCUT2D eigenvalue weighted by Gasteiger charge is 2.35. The fraction of sp³-hybridized carbons (Fsp3) is 0.500. The number of amides is 2. The van der Waals surface area contributed by atoms with Gasteiger partial charge < -0.3 is 10.2 Å². The lowest BCUT2D eigenvalue weighted by atomic mass is 10.0. The number of hydrogen-bond acceptors (Lipinski definition) is 3. The summed E-state index contributed by atoms with van der Waals surface area (Å²) in [7, 11) is 0. The van der Waals surface area contributed by atoms with Gasteiger partial charge in [0.1, 0.15) is 0 Å². The first-order chi connectivity index (χ1) is 10.7. The second-order valence-corrected chi connectivity index (χ2v) is 6.14. The fourth-order valence-electron chi connectivity index (χ4n) is 3.20. The van der Waals surface area contributed by atoms with Crippen LogP contribution in [0.15, 0.2) is 24.3 Å². The Morgan fingerprint density at radius 3 is 2.77 bits per heavy atom. The Kier molecular flexibility index (Phi) is 4.64. The van der Waals surface area contributed by atoms with Crippen LogP contribution in [0, 0.1) is 0 Å². The number of carbonyl (C=O) groups excluding carboxylic acids is 2. The molecular weight excluding hydrogens is 302 g/mol. The van der Waals surface area contributed by atoms with Gasteiger partial charge >= 0.3 is 0 Å². The van der Waals surface area contributed by atoms with E-state index in [0.29, 0.717) is 31.1 Å². The largest absolute Gasteiger partial charge is 0.355 e. The zero-order chi connectivity index (χ0) is 15.5. The van der Waals surface area contributed by atoms with E-state index in [1.807, 2.05) is 24.3 Å². The maximum Gasteiger partial charge on any atom is 0.244 e. The number of nitrogens with zero attached hydrogens (tertiary/aromatic N) is 2. The van der Waals surface area contributed by atoms with Gasteiger partial charge in [0, 0.05) is 32.6 Å². The Bertz CT molecular complexity index is 578. The normalized spacial score (nSPS) is 24.0. The zero-order valence-electron chi connectivity index (χ0n) is 12.4. The highest BCUT2D eigenvalue weighted by atomic mass is 35.5. The maximum atomic E-state index is 12.9. The molecule has 2 heterocycles. The molecule has 1 aromatic carbocycles. The lowest BCUT2D eigenvalue weighted by molar-refractivity contribution is -0.126. The highest BCUT2D eigenvalue weighted by Crippen LogP contribution is 2.29. The molecule has 1 unspecified atom stereocenters. The summed E-state index contributed by atoms with van der Waals surface area (Å²) in [6.07, 6.45) is 2.24. The molecule has 1 N–H and O–H groups in total. The van der Waals surface area contributed by atoms with Gasteiger partial charge in [-0.3, -0.25) is 14.5 Å². The van der Waals surface area contributed by atoms with Crippen LogP contribution < -0.4 is 10.2 Å². The summed E-state index contributed by atoms with van der Waals surface area (Å²) in [4.78, 5) is 28.3. The first-order valence-corrected chi connectivity index (χ1v) is 8.11. The van der Waals surface area contributed by atoms with E-state index in [-0.39, 0.29) is 17.9 Å². The average molecular weight is 322 g/mol. The van der Waals surface area contributed by atoms with E-state index in [0.717, 1.165) is 25.1 Å². The van der Waals surface area contributed by atoms with Crippen LogP contribution in [0.3, 0.4) is 0 Å². The van der Waals surface area contributed by atoms with E-state index < -0.39 is 0 Å². The predicted octanol–water partition coefficient (Wildman–Crippen LogP) is 1.66. The van der Waals surface area contributed by atoms with Crippen molar-refractivity contribution in [1.29, 1.82) is 0 Å². The molecule has 0 radical (unpaired) electrons. The van der Waals surface area contributed by atoms with Crippen LogP contribution in [-0.2, 0) is 9.59 Å². The number of benzene rings is 1. The standard InChI is InChI=1S/C16H20ClN3O2/c17-12-4-1-2-5-13(12)20-9-3-6-14(16(20)22)19-10-7-15(21)18-8-11-19/h1-2,4-5,14H,3,6-11H2,(H,18,21). The molecule has 0 spiro atoms. The SMILES string of the molecule is O=C1CCN(C2CCCN(c3ccccc3Cl)C2=O)CCN1. The number of hydrogen-bond donors (Lipinski definition) is 1. The highest BCUT2D eigenvalue weighted by molar-refractivity contribution is 6.33. The van der Waals surface area contributed by atoms with Gasteiger partial charge in [-0.05, 0) is 25.0 Å². The first-order valence-electron chi connectivity index (χ1n) is 7.73. The quantitative estimate of drug-likeness (QED) is 0.901. The third kappa shape index (κ3) is 3.10. The lowest BCUT2D eigenvalue weighted by Gasteiger charge is -2.38. The molecule has 1 atom stereocenters. The van der Waals surface area contributed by atoms with Crippen LogP contribution in [0.2, 0.25) is 5.02 Å². The number of carbonyl (C=O) groups is 2. The van der Waals surface area contributed by atoms with Crippen molar-refractivity contribution in [3.8, 4) is 0 Å². The second-order valence-electron chi connectivity index (χ2n) is 5.74. The third-order valence-corrected chi connectivity index (χ3v) is 4.66. The Balaban J connectivity index is 1.78. The first kappa shape index (κ1) is 15.3. The summed E-state index contributed by atoms with van der Waals surface area (Å²) in [5.41, 5.74) is 0.780. The van der Waals surface area contributed by atoms with Crippen LogP contribution in [0.25, 0.3) is 0 Å². The van der Waals surface area contributed by atoms with Gasteiger partial charge in [0.15, 0.2) is 0 Å². The van der Waals surface area contributed by atoms with Crippen LogP contribution in [0.4, 0.5) is 5.69 Å². The molecule has 22 heavy (non-hydrogen) atoms. The van der Waals surface area contributed by atoms with Crippen molar-refractivity contribution in [2.75, 3.05) is 31.1 Å². The van der Waals surface area contributed by atoms with Crippen molar-refractivity contribution in [3.63, 3.8) is 0 Å². The van der Waals surface area contributed by atoms with E-state index in [2.05, 4.69) is 10.2 Å². The third-order valence-electron chi connectivity index (χ3n) is 4.34. The van der Waals surface area contributed by atoms with Crippen LogP contribution in [0.5, 0.6) is 0 Å². The summed E-state index contributed by atoms with van der Waals surface area (Å²) >= 11 is 6.24. The molecule has 0 aliphatic carbocycles. The van der Waals surface area contributed by atoms with Crippen molar-refractivity contribution in [2.24, 2.45) is 0 Å². The average Bonchev–Trinajstić information content (AvgIpc) is 2.73. The molecule has 2 amide bonds. The number of anilines is 1. The second kappa shape index (κ2) is 6.67. The number of nitrogens with one attached hydrogen (secondary N) is 1. The van der Waals surface area contributed by atoms with E-state index in [4.69, 9.17) is 11.6 Å². The number of para-hydroxylation sites is 1. The maximum absolute atomic E-state index is 12.9. The molecule has 0 saturated carbocycles. The molecule has 0 aromatic heterocycles. The number of halogens is 1. The van der Waals surface area contributed by atoms with E-state index in [9.17, 15) is 9.59 Å². The van der Waals surface area contributed by atoms with Crippen molar-refractivity contribution < 1.29 is 9.59 Å². The molecule has 118 valence electrons. The van der Waals surface area contributed by atoms with Gasteiger partial charge in [0.25, 0.3) is 0 Å². The van der Waals surface area contributed by atoms with Gasteiger partial charge in [-0.25, -0.2) is 0 Å². The molecule has 2 fully saturated rings. The zero-order valence-corrected chi connectivity index (χ0v) is 13.2. The minimum absolute atomic E-state index is 0.0636. The van der Waals surface area contributed by atoms with Gasteiger partial charge in [-0.1, -0.05) is 23.7 Å².